The Labute approximate surface area is 86.2 Å². The molecule has 3 heteroatoms. The van der Waals surface area contributed by atoms with Crippen molar-refractivity contribution in [3.63, 3.8) is 0 Å². The van der Waals surface area contributed by atoms with E-state index < -0.39 is 0 Å². The molecule has 0 unspecified atom stereocenters. The van der Waals surface area contributed by atoms with Crippen LogP contribution >= 0.6 is 0 Å². The molecule has 82 valence electrons. The first kappa shape index (κ1) is 11.3. The van der Waals surface area contributed by atoms with Crippen LogP contribution in [0.2, 0.25) is 0 Å². The molecule has 1 amide bonds. The van der Waals surface area contributed by atoms with Gasteiger partial charge in [0, 0.05) is 6.54 Å². The van der Waals surface area contributed by atoms with Crippen LogP contribution in [-0.4, -0.2) is 19.7 Å². The minimum atomic E-state index is -0.303. The van der Waals surface area contributed by atoms with Crippen LogP contribution in [0.15, 0.2) is 0 Å². The normalized spacial score (nSPS) is 27.0. The Bertz CT molecular complexity index is 174. The smallest absolute Gasteiger partial charge is 0.406 e. The van der Waals surface area contributed by atoms with Crippen molar-refractivity contribution < 1.29 is 9.53 Å². The summed E-state index contributed by atoms with van der Waals surface area (Å²) in [6, 6.07) is 0. The Balaban J connectivity index is 2.13. The zero-order valence-electron chi connectivity index (χ0n) is 9.21. The lowest BCUT2D eigenvalue weighted by atomic mass is 9.81. The molecule has 0 bridgehead atoms. The number of methoxy groups -OCH3 is 1. The molecule has 0 aliphatic heterocycles. The van der Waals surface area contributed by atoms with Gasteiger partial charge in [0.15, 0.2) is 0 Å². The van der Waals surface area contributed by atoms with Crippen LogP contribution in [0.3, 0.4) is 0 Å². The molecule has 0 heterocycles. The topological polar surface area (TPSA) is 38.3 Å². The molecule has 14 heavy (non-hydrogen) atoms. The van der Waals surface area contributed by atoms with Crippen molar-refractivity contribution in [1.82, 2.24) is 5.32 Å². The molecule has 0 aromatic rings. The van der Waals surface area contributed by atoms with Crippen molar-refractivity contribution in [2.75, 3.05) is 13.7 Å². The summed E-state index contributed by atoms with van der Waals surface area (Å²) < 4.78 is 4.53. The maximum atomic E-state index is 10.8. The van der Waals surface area contributed by atoms with Crippen molar-refractivity contribution in [3.8, 4) is 0 Å². The third kappa shape index (κ3) is 3.56. The molecule has 0 aromatic heterocycles. The summed E-state index contributed by atoms with van der Waals surface area (Å²) in [7, 11) is 1.41. The highest BCUT2D eigenvalue weighted by atomic mass is 16.5. The third-order valence-electron chi connectivity index (χ3n) is 3.26. The molecule has 3 nitrogen and oxygen atoms in total. The van der Waals surface area contributed by atoms with E-state index in [2.05, 4.69) is 17.0 Å². The van der Waals surface area contributed by atoms with E-state index in [9.17, 15) is 4.79 Å². The molecule has 1 saturated carbocycles. The largest absolute Gasteiger partial charge is 0.453 e. The van der Waals surface area contributed by atoms with Gasteiger partial charge >= 0.3 is 6.09 Å². The first-order valence-electron chi connectivity index (χ1n) is 5.58. The van der Waals surface area contributed by atoms with Gasteiger partial charge in [-0.25, -0.2) is 4.79 Å². The number of carbonyl (C=O) groups excluding carboxylic acids is 1. The summed E-state index contributed by atoms with van der Waals surface area (Å²) in [6.45, 7) is 3.04. The first-order chi connectivity index (χ1) is 6.76. The second-order valence-corrected chi connectivity index (χ2v) is 4.17. The van der Waals surface area contributed by atoms with E-state index in [-0.39, 0.29) is 6.09 Å². The summed E-state index contributed by atoms with van der Waals surface area (Å²) in [5.41, 5.74) is 0. The second kappa shape index (κ2) is 5.89. The van der Waals surface area contributed by atoms with Crippen LogP contribution in [0.5, 0.6) is 0 Å². The average Bonchev–Trinajstić information content (AvgIpc) is 2.26. The highest BCUT2D eigenvalue weighted by Gasteiger charge is 2.20. The van der Waals surface area contributed by atoms with Crippen molar-refractivity contribution >= 4 is 6.09 Å². The van der Waals surface area contributed by atoms with E-state index in [4.69, 9.17) is 0 Å². The van der Waals surface area contributed by atoms with E-state index in [0.29, 0.717) is 5.92 Å². The molecule has 1 fully saturated rings. The highest BCUT2D eigenvalue weighted by molar-refractivity contribution is 5.66. The Morgan fingerprint density at radius 1 is 1.29 bits per heavy atom. The summed E-state index contributed by atoms with van der Waals surface area (Å²) in [6.07, 6.45) is 6.15. The predicted molar refractivity (Wildman–Crippen MR) is 56.1 cm³/mol. The molecular weight excluding hydrogens is 178 g/mol. The number of carbonyl (C=O) groups is 1. The van der Waals surface area contributed by atoms with Crippen molar-refractivity contribution in [2.45, 2.75) is 39.0 Å². The van der Waals surface area contributed by atoms with Crippen LogP contribution < -0.4 is 5.32 Å². The number of nitrogens with one attached hydrogen (secondary N) is 1. The van der Waals surface area contributed by atoms with E-state index in [1.807, 2.05) is 0 Å². The van der Waals surface area contributed by atoms with Gasteiger partial charge in [-0.05, 0) is 24.7 Å². The number of hydrogen-bond donors (Lipinski definition) is 1. The zero-order chi connectivity index (χ0) is 10.4. The van der Waals surface area contributed by atoms with Gasteiger partial charge in [-0.3, -0.25) is 0 Å². The Morgan fingerprint density at radius 3 is 2.36 bits per heavy atom. The number of ether oxygens (including phenoxy) is 1. The van der Waals surface area contributed by atoms with E-state index in [1.54, 1.807) is 0 Å². The summed E-state index contributed by atoms with van der Waals surface area (Å²) in [4.78, 5) is 10.8. The fourth-order valence-electron chi connectivity index (χ4n) is 2.14. The maximum Gasteiger partial charge on any atom is 0.406 e. The van der Waals surface area contributed by atoms with Crippen molar-refractivity contribution in [3.05, 3.63) is 0 Å². The van der Waals surface area contributed by atoms with Crippen LogP contribution in [0, 0.1) is 11.8 Å². The Hall–Kier alpha value is -0.730. The average molecular weight is 199 g/mol. The molecule has 1 aliphatic carbocycles. The van der Waals surface area contributed by atoms with Crippen LogP contribution in [0.1, 0.15) is 39.0 Å². The number of hydrogen-bond acceptors (Lipinski definition) is 2. The Kier molecular flexibility index (Phi) is 4.77. The van der Waals surface area contributed by atoms with Gasteiger partial charge in [0.25, 0.3) is 0 Å². The fourth-order valence-corrected chi connectivity index (χ4v) is 2.14. The summed E-state index contributed by atoms with van der Waals surface area (Å²) in [5.74, 6) is 1.58. The summed E-state index contributed by atoms with van der Waals surface area (Å²) in [5, 5.41) is 2.77. The monoisotopic (exact) mass is 199 g/mol. The quantitative estimate of drug-likeness (QED) is 0.758. The molecule has 1 aliphatic rings. The fraction of sp³-hybridized carbons (Fsp3) is 0.909. The van der Waals surface area contributed by atoms with Gasteiger partial charge < -0.3 is 10.1 Å². The van der Waals surface area contributed by atoms with E-state index >= 15 is 0 Å². The SMILES string of the molecule is CCC1CCC(CNC(=O)OC)CC1. The Morgan fingerprint density at radius 2 is 1.86 bits per heavy atom. The van der Waals surface area contributed by atoms with Crippen LogP contribution in [0.4, 0.5) is 4.79 Å². The lowest BCUT2D eigenvalue weighted by Crippen LogP contribution is -2.31. The van der Waals surface area contributed by atoms with E-state index in [1.165, 1.54) is 39.2 Å². The molecule has 0 saturated heterocycles. The molecule has 0 radical (unpaired) electrons. The van der Waals surface area contributed by atoms with Crippen molar-refractivity contribution in [1.29, 1.82) is 0 Å². The highest BCUT2D eigenvalue weighted by Crippen LogP contribution is 2.29. The van der Waals surface area contributed by atoms with Gasteiger partial charge in [0.1, 0.15) is 0 Å². The minimum Gasteiger partial charge on any atom is -0.453 e. The summed E-state index contributed by atoms with van der Waals surface area (Å²) >= 11 is 0. The molecule has 0 aromatic carbocycles. The minimum absolute atomic E-state index is 0.303. The lowest BCUT2D eigenvalue weighted by molar-refractivity contribution is 0.166. The van der Waals surface area contributed by atoms with Gasteiger partial charge in [-0.15, -0.1) is 0 Å². The van der Waals surface area contributed by atoms with Gasteiger partial charge in [-0.1, -0.05) is 26.2 Å². The molecule has 1 N–H and O–H groups in total. The molecule has 0 spiro atoms. The zero-order valence-corrected chi connectivity index (χ0v) is 9.21. The van der Waals surface area contributed by atoms with Gasteiger partial charge in [-0.2, -0.15) is 0 Å². The first-order valence-corrected chi connectivity index (χ1v) is 5.58. The predicted octanol–water partition coefficient (Wildman–Crippen LogP) is 2.56. The number of amides is 1. The molecular formula is C11H21NO2. The van der Waals surface area contributed by atoms with Crippen LogP contribution in [-0.2, 0) is 4.74 Å². The standard InChI is InChI=1S/C11H21NO2/c1-3-9-4-6-10(7-5-9)8-12-11(13)14-2/h9-10H,3-8H2,1-2H3,(H,12,13). The van der Waals surface area contributed by atoms with E-state index in [0.717, 1.165) is 12.5 Å². The third-order valence-corrected chi connectivity index (χ3v) is 3.26. The second-order valence-electron chi connectivity index (χ2n) is 4.17. The lowest BCUT2D eigenvalue weighted by Gasteiger charge is -2.27. The van der Waals surface area contributed by atoms with Crippen molar-refractivity contribution in [2.24, 2.45) is 11.8 Å². The maximum absolute atomic E-state index is 10.8. The molecule has 0 atom stereocenters. The molecule has 1 rings (SSSR count). The number of alkyl carbamates (subject to hydrolysis) is 1. The number of rotatable bonds is 3. The van der Waals surface area contributed by atoms with Gasteiger partial charge in [0.2, 0.25) is 0 Å². The van der Waals surface area contributed by atoms with Gasteiger partial charge in [0.05, 0.1) is 7.11 Å². The van der Waals surface area contributed by atoms with Crippen LogP contribution in [0.25, 0.3) is 0 Å².